The van der Waals surface area contributed by atoms with Crippen molar-refractivity contribution in [3.63, 3.8) is 0 Å². The number of rotatable bonds is 8. The highest BCUT2D eigenvalue weighted by molar-refractivity contribution is 5.85. The highest BCUT2D eigenvalue weighted by atomic mass is 19.1. The van der Waals surface area contributed by atoms with Gasteiger partial charge < -0.3 is 9.57 Å². The molecule has 0 radical (unpaired) electrons. The van der Waals surface area contributed by atoms with Crippen LogP contribution in [0, 0.1) is 5.82 Å². The van der Waals surface area contributed by atoms with Crippen LogP contribution in [0.15, 0.2) is 58.6 Å². The fraction of sp³-hybridized carbons (Fsp3) is 0.458. The number of fused-ring (bicyclic) bond motifs is 3. The molecule has 8 nitrogen and oxygen atoms in total. The normalized spacial score (nSPS) is 23.3. The number of piperidine rings is 1. The van der Waals surface area contributed by atoms with Gasteiger partial charge in [0.15, 0.2) is 5.65 Å². The van der Waals surface area contributed by atoms with Gasteiger partial charge in [-0.3, -0.25) is 9.30 Å². The molecule has 2 atom stereocenters. The van der Waals surface area contributed by atoms with Gasteiger partial charge in [0.05, 0.1) is 25.0 Å². The Balaban J connectivity index is 1.24. The molecular formula is C24H28FN5O3. The van der Waals surface area contributed by atoms with E-state index in [0.717, 1.165) is 31.4 Å². The smallest absolute Gasteiger partial charge is 0.350 e. The number of benzene rings is 1. The van der Waals surface area contributed by atoms with Gasteiger partial charge in [0, 0.05) is 30.4 Å². The molecular weight excluding hydrogens is 425 g/mol. The molecule has 4 heterocycles. The van der Waals surface area contributed by atoms with Gasteiger partial charge in [0.25, 0.3) is 0 Å². The van der Waals surface area contributed by atoms with Gasteiger partial charge in [-0.1, -0.05) is 29.4 Å². The molecule has 0 aliphatic carbocycles. The number of nitrogens with zero attached hydrogens (tertiary/aromatic N) is 5. The SMILES string of the molecule is CO/N=C(/CN1C2CCC1CC(OCc1ccccc1F)C2)Cn1nc2ccccn2c1=O. The zero-order valence-electron chi connectivity index (χ0n) is 18.6. The van der Waals surface area contributed by atoms with E-state index in [1.54, 1.807) is 30.5 Å². The number of aromatic nitrogens is 3. The summed E-state index contributed by atoms with van der Waals surface area (Å²) in [4.78, 5) is 20.2. The Hall–Kier alpha value is -3.04. The molecule has 2 aliphatic rings. The molecule has 2 unspecified atom stereocenters. The highest BCUT2D eigenvalue weighted by Crippen LogP contribution is 2.37. The van der Waals surface area contributed by atoms with E-state index < -0.39 is 0 Å². The Labute approximate surface area is 191 Å². The summed E-state index contributed by atoms with van der Waals surface area (Å²) in [7, 11) is 1.52. The highest BCUT2D eigenvalue weighted by Gasteiger charge is 2.41. The topological polar surface area (TPSA) is 73.4 Å². The third-order valence-corrected chi connectivity index (χ3v) is 6.68. The lowest BCUT2D eigenvalue weighted by molar-refractivity contribution is -0.0251. The first-order chi connectivity index (χ1) is 16.1. The van der Waals surface area contributed by atoms with Crippen LogP contribution in [-0.2, 0) is 22.7 Å². The van der Waals surface area contributed by atoms with Crippen LogP contribution in [0.25, 0.3) is 5.65 Å². The second-order valence-corrected chi connectivity index (χ2v) is 8.76. The Kier molecular flexibility index (Phi) is 6.24. The zero-order chi connectivity index (χ0) is 22.8. The zero-order valence-corrected chi connectivity index (χ0v) is 18.6. The largest absolute Gasteiger partial charge is 0.399 e. The lowest BCUT2D eigenvalue weighted by Crippen LogP contribution is -2.48. The van der Waals surface area contributed by atoms with E-state index in [1.807, 2.05) is 12.1 Å². The third-order valence-electron chi connectivity index (χ3n) is 6.68. The van der Waals surface area contributed by atoms with Crippen molar-refractivity contribution < 1.29 is 14.0 Å². The van der Waals surface area contributed by atoms with Crippen molar-refractivity contribution in [2.24, 2.45) is 5.16 Å². The Bertz CT molecular complexity index is 1190. The molecule has 0 spiro atoms. The van der Waals surface area contributed by atoms with Crippen LogP contribution in [0.4, 0.5) is 4.39 Å². The van der Waals surface area contributed by atoms with E-state index in [1.165, 1.54) is 22.3 Å². The molecule has 174 valence electrons. The maximum Gasteiger partial charge on any atom is 0.350 e. The summed E-state index contributed by atoms with van der Waals surface area (Å²) in [5.74, 6) is -0.222. The molecule has 2 fully saturated rings. The molecule has 9 heteroatoms. The van der Waals surface area contributed by atoms with Gasteiger partial charge in [-0.05, 0) is 43.9 Å². The standard InChI is InChI=1S/C24H28FN5O3/c1-32-27-18(15-30-24(31)28-11-5-4-8-23(28)26-30)14-29-19-9-10-20(29)13-21(12-19)33-16-17-6-2-3-7-22(17)25/h2-8,11,19-21H,9-10,12-16H2,1H3/b27-18-. The molecule has 2 saturated heterocycles. The number of pyridine rings is 1. The molecule has 2 bridgehead atoms. The van der Waals surface area contributed by atoms with E-state index in [2.05, 4.69) is 15.2 Å². The summed E-state index contributed by atoms with van der Waals surface area (Å²) >= 11 is 0. The van der Waals surface area contributed by atoms with Crippen LogP contribution in [0.2, 0.25) is 0 Å². The second-order valence-electron chi connectivity index (χ2n) is 8.76. The Morgan fingerprint density at radius 2 is 1.88 bits per heavy atom. The van der Waals surface area contributed by atoms with Crippen molar-refractivity contribution in [2.45, 2.75) is 57.0 Å². The number of ether oxygens (including phenoxy) is 1. The van der Waals surface area contributed by atoms with E-state index >= 15 is 0 Å². The third kappa shape index (κ3) is 4.56. The average Bonchev–Trinajstić information content (AvgIpc) is 3.24. The maximum atomic E-state index is 13.9. The Morgan fingerprint density at radius 3 is 2.61 bits per heavy atom. The monoisotopic (exact) mass is 453 g/mol. The van der Waals surface area contributed by atoms with Crippen LogP contribution >= 0.6 is 0 Å². The first-order valence-electron chi connectivity index (χ1n) is 11.4. The minimum atomic E-state index is -0.222. The summed E-state index contributed by atoms with van der Waals surface area (Å²) in [6.07, 6.45) is 5.82. The number of oxime groups is 1. The van der Waals surface area contributed by atoms with E-state index in [4.69, 9.17) is 9.57 Å². The first kappa shape index (κ1) is 21.8. The van der Waals surface area contributed by atoms with Crippen molar-refractivity contribution in [3.8, 4) is 0 Å². The van der Waals surface area contributed by atoms with Gasteiger partial charge in [0.2, 0.25) is 0 Å². The molecule has 0 N–H and O–H groups in total. The predicted octanol–water partition coefficient (Wildman–Crippen LogP) is 2.85. The lowest BCUT2D eigenvalue weighted by Gasteiger charge is -2.38. The first-order valence-corrected chi connectivity index (χ1v) is 11.4. The maximum absolute atomic E-state index is 13.9. The van der Waals surface area contributed by atoms with Crippen molar-refractivity contribution >= 4 is 11.4 Å². The minimum absolute atomic E-state index is 0.113. The quantitative estimate of drug-likeness (QED) is 0.387. The molecule has 3 aromatic rings. The molecule has 2 aliphatic heterocycles. The summed E-state index contributed by atoms with van der Waals surface area (Å²) in [5, 5.41) is 8.63. The number of hydrogen-bond acceptors (Lipinski definition) is 6. The molecule has 33 heavy (non-hydrogen) atoms. The van der Waals surface area contributed by atoms with Gasteiger partial charge >= 0.3 is 5.69 Å². The van der Waals surface area contributed by atoms with Gasteiger partial charge in [-0.25, -0.2) is 13.9 Å². The van der Waals surface area contributed by atoms with Crippen LogP contribution in [0.1, 0.15) is 31.2 Å². The summed E-state index contributed by atoms with van der Waals surface area (Å²) in [5.41, 5.74) is 1.76. The van der Waals surface area contributed by atoms with Crippen molar-refractivity contribution in [3.05, 3.63) is 70.5 Å². The fourth-order valence-corrected chi connectivity index (χ4v) is 5.13. The number of halogens is 1. The summed E-state index contributed by atoms with van der Waals surface area (Å²) in [6.45, 7) is 1.19. The van der Waals surface area contributed by atoms with Crippen LogP contribution in [-0.4, -0.2) is 56.6 Å². The van der Waals surface area contributed by atoms with Crippen molar-refractivity contribution in [2.75, 3.05) is 13.7 Å². The lowest BCUT2D eigenvalue weighted by atomic mass is 9.99. The molecule has 5 rings (SSSR count). The second kappa shape index (κ2) is 9.44. The van der Waals surface area contributed by atoms with E-state index in [-0.39, 0.29) is 24.2 Å². The fourth-order valence-electron chi connectivity index (χ4n) is 5.13. The molecule has 2 aromatic heterocycles. The van der Waals surface area contributed by atoms with Gasteiger partial charge in [0.1, 0.15) is 12.9 Å². The number of hydrogen-bond donors (Lipinski definition) is 0. The minimum Gasteiger partial charge on any atom is -0.399 e. The summed E-state index contributed by atoms with van der Waals surface area (Å²) < 4.78 is 23.0. The van der Waals surface area contributed by atoms with E-state index in [9.17, 15) is 9.18 Å². The molecule has 0 saturated carbocycles. The average molecular weight is 454 g/mol. The Morgan fingerprint density at radius 1 is 1.12 bits per heavy atom. The van der Waals surface area contributed by atoms with Gasteiger partial charge in [-0.2, -0.15) is 0 Å². The van der Waals surface area contributed by atoms with Crippen LogP contribution in [0.3, 0.4) is 0 Å². The van der Waals surface area contributed by atoms with Crippen molar-refractivity contribution in [1.29, 1.82) is 0 Å². The summed E-state index contributed by atoms with van der Waals surface area (Å²) in [6, 6.07) is 13.0. The molecule has 0 amide bonds. The van der Waals surface area contributed by atoms with Gasteiger partial charge in [-0.15, -0.1) is 5.10 Å². The van der Waals surface area contributed by atoms with E-state index in [0.29, 0.717) is 36.4 Å². The predicted molar refractivity (Wildman–Crippen MR) is 122 cm³/mol. The molecule has 1 aromatic carbocycles. The van der Waals surface area contributed by atoms with Crippen molar-refractivity contribution in [1.82, 2.24) is 19.1 Å². The van der Waals surface area contributed by atoms with Crippen LogP contribution in [0.5, 0.6) is 0 Å². The van der Waals surface area contributed by atoms with Crippen LogP contribution < -0.4 is 5.69 Å².